The zero-order chi connectivity index (χ0) is 27.3. The third kappa shape index (κ3) is 6.91. The van der Waals surface area contributed by atoms with Gasteiger partial charge in [0.25, 0.3) is 10.1 Å². The molecule has 0 spiro atoms. The molecule has 0 aliphatic heterocycles. The smallest absolute Gasteiger partial charge is 0.339 e. The fraction of sp³-hybridized carbons (Fsp3) is 0.143. The summed E-state index contributed by atoms with van der Waals surface area (Å²) in [4.78, 5) is -0.211. The third-order valence-corrected chi connectivity index (χ3v) is 7.84. The van der Waals surface area contributed by atoms with Crippen molar-refractivity contribution in [3.05, 3.63) is 113 Å². The molecule has 0 heterocycles. The molecule has 8 nitrogen and oxygen atoms in total. The summed E-state index contributed by atoms with van der Waals surface area (Å²) in [5, 5.41) is 0. The third-order valence-electron chi connectivity index (χ3n) is 5.72. The van der Waals surface area contributed by atoms with Gasteiger partial charge in [0.1, 0.15) is 28.8 Å². The highest BCUT2D eigenvalue weighted by Gasteiger charge is 2.20. The van der Waals surface area contributed by atoms with Gasteiger partial charge in [-0.25, -0.2) is 0 Å². The van der Waals surface area contributed by atoms with E-state index in [2.05, 4.69) is 0 Å². The zero-order valence-electron chi connectivity index (χ0n) is 20.7. The lowest BCUT2D eigenvalue weighted by molar-refractivity contribution is 0.305. The van der Waals surface area contributed by atoms with Crippen LogP contribution in [0, 0.1) is 6.92 Å². The van der Waals surface area contributed by atoms with Gasteiger partial charge in [0.2, 0.25) is 0 Å². The number of methoxy groups -OCH3 is 1. The molecule has 0 aliphatic rings. The number of hydrogen-bond donors (Lipinski definition) is 1. The molecule has 0 radical (unpaired) electrons. The molecule has 0 saturated heterocycles. The molecule has 4 aromatic rings. The van der Waals surface area contributed by atoms with Crippen molar-refractivity contribution in [1.82, 2.24) is 0 Å². The van der Waals surface area contributed by atoms with E-state index in [-0.39, 0.29) is 28.6 Å². The molecule has 0 unspecified atom stereocenters. The minimum atomic E-state index is -4.32. The van der Waals surface area contributed by atoms with Crippen LogP contribution in [0.4, 0.5) is 0 Å². The van der Waals surface area contributed by atoms with E-state index in [1.54, 1.807) is 73.8 Å². The Morgan fingerprint density at radius 1 is 0.711 bits per heavy atom. The molecule has 10 heteroatoms. The number of rotatable bonds is 10. The van der Waals surface area contributed by atoms with Gasteiger partial charge in [-0.15, -0.1) is 0 Å². The quantitative estimate of drug-likeness (QED) is 0.210. The molecule has 0 aromatic heterocycles. The van der Waals surface area contributed by atoms with Crippen LogP contribution < -0.4 is 13.7 Å². The van der Waals surface area contributed by atoms with E-state index in [0.29, 0.717) is 28.2 Å². The largest absolute Gasteiger partial charge is 0.497 e. The lowest BCUT2D eigenvalue weighted by Gasteiger charge is -2.14. The molecule has 4 rings (SSSR count). The molecular formula is C28H26O8S2. The van der Waals surface area contributed by atoms with Crippen molar-refractivity contribution < 1.29 is 35.0 Å². The average molecular weight is 555 g/mol. The maximum atomic E-state index is 13.1. The van der Waals surface area contributed by atoms with Crippen molar-refractivity contribution in [1.29, 1.82) is 0 Å². The average Bonchev–Trinajstić information content (AvgIpc) is 2.89. The van der Waals surface area contributed by atoms with Crippen LogP contribution in [0.5, 0.6) is 17.2 Å². The van der Waals surface area contributed by atoms with Crippen molar-refractivity contribution in [3.63, 3.8) is 0 Å². The second-order valence-electron chi connectivity index (χ2n) is 8.55. The van der Waals surface area contributed by atoms with Gasteiger partial charge < -0.3 is 13.7 Å². The van der Waals surface area contributed by atoms with Gasteiger partial charge in [-0.3, -0.25) is 4.55 Å². The first kappa shape index (κ1) is 27.2. The van der Waals surface area contributed by atoms with Crippen LogP contribution in [0.3, 0.4) is 0 Å². The predicted molar refractivity (Wildman–Crippen MR) is 142 cm³/mol. The summed E-state index contributed by atoms with van der Waals surface area (Å²) in [6, 6.07) is 24.2. The van der Waals surface area contributed by atoms with Gasteiger partial charge in [-0.1, -0.05) is 42.0 Å². The van der Waals surface area contributed by atoms with Crippen molar-refractivity contribution in [2.24, 2.45) is 0 Å². The first-order valence-corrected chi connectivity index (χ1v) is 14.3. The molecule has 0 fully saturated rings. The van der Waals surface area contributed by atoms with Crippen molar-refractivity contribution >= 4 is 20.2 Å². The van der Waals surface area contributed by atoms with Crippen molar-refractivity contribution in [2.45, 2.75) is 29.7 Å². The Hall–Kier alpha value is -3.86. The van der Waals surface area contributed by atoms with E-state index in [9.17, 15) is 21.4 Å². The fourth-order valence-electron chi connectivity index (χ4n) is 3.62. The Balaban J connectivity index is 1.62. The standard InChI is InChI=1S/C28H26O8S2/c1-20-3-13-27(14-4-20)38(32,33)36-28-18-22(19-35-25-11-9-24(34-2)10-12-25)5-8-23(28)17-21-6-15-26(16-7-21)37(29,30)31/h3-16,18H,17,19H2,1-2H3,(H,29,30,31). The van der Waals surface area contributed by atoms with Gasteiger partial charge in [0.15, 0.2) is 0 Å². The molecule has 4 aromatic carbocycles. The lowest BCUT2D eigenvalue weighted by Crippen LogP contribution is -2.12. The minimum Gasteiger partial charge on any atom is -0.497 e. The highest BCUT2D eigenvalue weighted by atomic mass is 32.2. The van der Waals surface area contributed by atoms with Gasteiger partial charge in [-0.05, 0) is 72.6 Å². The zero-order valence-corrected chi connectivity index (χ0v) is 22.3. The van der Waals surface area contributed by atoms with Crippen LogP contribution in [-0.2, 0) is 33.3 Å². The van der Waals surface area contributed by atoms with Gasteiger partial charge in [0.05, 0.1) is 12.0 Å². The van der Waals surface area contributed by atoms with Crippen LogP contribution >= 0.6 is 0 Å². The molecule has 198 valence electrons. The number of aryl methyl sites for hydroxylation is 1. The highest BCUT2D eigenvalue weighted by molar-refractivity contribution is 7.87. The summed E-state index contributed by atoms with van der Waals surface area (Å²) in [5.41, 5.74) is 2.85. The Kier molecular flexibility index (Phi) is 8.05. The lowest BCUT2D eigenvalue weighted by atomic mass is 10.0. The normalized spacial score (nSPS) is 11.7. The Morgan fingerprint density at radius 2 is 1.29 bits per heavy atom. The van der Waals surface area contributed by atoms with Crippen LogP contribution in [0.25, 0.3) is 0 Å². The van der Waals surface area contributed by atoms with Crippen molar-refractivity contribution in [2.75, 3.05) is 7.11 Å². The summed E-state index contributed by atoms with van der Waals surface area (Å²) < 4.78 is 74.6. The Labute approximate surface area is 222 Å². The highest BCUT2D eigenvalue weighted by Crippen LogP contribution is 2.28. The molecule has 0 amide bonds. The molecule has 38 heavy (non-hydrogen) atoms. The second-order valence-corrected chi connectivity index (χ2v) is 11.5. The van der Waals surface area contributed by atoms with E-state index in [1.165, 1.54) is 24.3 Å². The van der Waals surface area contributed by atoms with E-state index in [1.807, 2.05) is 6.92 Å². The summed E-state index contributed by atoms with van der Waals surface area (Å²) in [6.07, 6.45) is 0.254. The van der Waals surface area contributed by atoms with Crippen LogP contribution in [0.2, 0.25) is 0 Å². The number of hydrogen-bond acceptors (Lipinski definition) is 7. The van der Waals surface area contributed by atoms with Crippen molar-refractivity contribution in [3.8, 4) is 17.2 Å². The summed E-state index contributed by atoms with van der Waals surface area (Å²) in [6.45, 7) is 2.02. The number of ether oxygens (including phenoxy) is 2. The van der Waals surface area contributed by atoms with Gasteiger partial charge in [-0.2, -0.15) is 16.8 Å². The molecule has 1 N–H and O–H groups in total. The monoisotopic (exact) mass is 554 g/mol. The molecule has 0 saturated carbocycles. The van der Waals surface area contributed by atoms with Crippen LogP contribution in [0.15, 0.2) is 101 Å². The van der Waals surface area contributed by atoms with Crippen LogP contribution in [-0.4, -0.2) is 28.5 Å². The van der Waals surface area contributed by atoms with Gasteiger partial charge >= 0.3 is 10.1 Å². The van der Waals surface area contributed by atoms with Gasteiger partial charge in [0, 0.05) is 12.0 Å². The summed E-state index contributed by atoms with van der Waals surface area (Å²) >= 11 is 0. The predicted octanol–water partition coefficient (Wildman–Crippen LogP) is 5.19. The maximum Gasteiger partial charge on any atom is 0.339 e. The second kappa shape index (κ2) is 11.3. The fourth-order valence-corrected chi connectivity index (χ4v) is 5.06. The first-order chi connectivity index (χ1) is 18.0. The summed E-state index contributed by atoms with van der Waals surface area (Å²) in [5.74, 6) is 1.44. The first-order valence-electron chi connectivity index (χ1n) is 11.5. The SMILES string of the molecule is COc1ccc(OCc2ccc(Cc3ccc(S(=O)(=O)O)cc3)c(OS(=O)(=O)c3ccc(C)cc3)c2)cc1. The maximum absolute atomic E-state index is 13.1. The minimum absolute atomic E-state index is 0.0199. The topological polar surface area (TPSA) is 116 Å². The van der Waals surface area contributed by atoms with Crippen LogP contribution in [0.1, 0.15) is 22.3 Å². The molecular weight excluding hydrogens is 528 g/mol. The molecule has 0 bridgehead atoms. The number of benzene rings is 4. The Bertz CT molecular complexity index is 1610. The molecule has 0 aliphatic carbocycles. The Morgan fingerprint density at radius 3 is 1.89 bits per heavy atom. The van der Waals surface area contributed by atoms with E-state index in [4.69, 9.17) is 13.7 Å². The van der Waals surface area contributed by atoms with E-state index < -0.39 is 20.2 Å². The van der Waals surface area contributed by atoms with E-state index >= 15 is 0 Å². The molecule has 0 atom stereocenters. The summed E-state index contributed by atoms with van der Waals surface area (Å²) in [7, 11) is -6.88. The van der Waals surface area contributed by atoms with E-state index in [0.717, 1.165) is 5.56 Å².